The molecule has 0 unspecified atom stereocenters. The number of rotatable bonds is 2. The molecule has 1 aromatic carbocycles. The summed E-state index contributed by atoms with van der Waals surface area (Å²) in [6, 6.07) is 2.04. The van der Waals surface area contributed by atoms with Crippen molar-refractivity contribution >= 4 is 21.5 Å². The van der Waals surface area contributed by atoms with Gasteiger partial charge in [0.05, 0.1) is 0 Å². The molecule has 0 saturated carbocycles. The fourth-order valence-corrected chi connectivity index (χ4v) is 1.17. The van der Waals surface area contributed by atoms with Gasteiger partial charge in [0, 0.05) is 10.9 Å². The van der Waals surface area contributed by atoms with Crippen LogP contribution in [-0.4, -0.2) is 5.33 Å². The zero-order chi connectivity index (χ0) is 10.0. The summed E-state index contributed by atoms with van der Waals surface area (Å²) < 4.78 is 38.2. The Bertz CT molecular complexity index is 347. The van der Waals surface area contributed by atoms with Crippen LogP contribution in [0.25, 0.3) is 5.57 Å². The lowest BCUT2D eigenvalue weighted by Gasteiger charge is -2.04. The van der Waals surface area contributed by atoms with Crippen molar-refractivity contribution < 1.29 is 13.2 Å². The van der Waals surface area contributed by atoms with E-state index in [0.29, 0.717) is 10.9 Å². The molecule has 0 bridgehead atoms. The van der Waals surface area contributed by atoms with E-state index in [9.17, 15) is 13.2 Å². The van der Waals surface area contributed by atoms with Crippen molar-refractivity contribution in [3.05, 3.63) is 41.7 Å². The summed E-state index contributed by atoms with van der Waals surface area (Å²) in [5.41, 5.74) is 0.368. The van der Waals surface area contributed by atoms with Gasteiger partial charge in [0.15, 0.2) is 17.5 Å². The molecule has 4 heteroatoms. The molecule has 0 N–H and O–H groups in total. The minimum Gasteiger partial charge on any atom is -0.204 e. The molecule has 0 aliphatic carbocycles. The number of hydrogen-bond acceptors (Lipinski definition) is 0. The molecule has 0 fully saturated rings. The van der Waals surface area contributed by atoms with Gasteiger partial charge in [-0.05, 0) is 17.7 Å². The van der Waals surface area contributed by atoms with Gasteiger partial charge in [0.2, 0.25) is 0 Å². The molecular weight excluding hydrogens is 245 g/mol. The van der Waals surface area contributed by atoms with Gasteiger partial charge in [-0.25, -0.2) is 13.2 Å². The highest BCUT2D eigenvalue weighted by molar-refractivity contribution is 9.09. The lowest BCUT2D eigenvalue weighted by Crippen LogP contribution is -1.96. The third-order valence-corrected chi connectivity index (χ3v) is 2.25. The number of alkyl halides is 1. The average molecular weight is 251 g/mol. The van der Waals surface area contributed by atoms with E-state index >= 15 is 0 Å². The van der Waals surface area contributed by atoms with Crippen molar-refractivity contribution in [3.8, 4) is 0 Å². The number of hydrogen-bond donors (Lipinski definition) is 0. The van der Waals surface area contributed by atoms with E-state index in [2.05, 4.69) is 22.5 Å². The molecule has 0 aliphatic rings. The minimum atomic E-state index is -1.46. The van der Waals surface area contributed by atoms with E-state index in [-0.39, 0.29) is 5.56 Å². The number of halogens is 4. The Morgan fingerprint density at radius 1 is 1.23 bits per heavy atom. The predicted octanol–water partition coefficient (Wildman–Crippen LogP) is 3.51. The molecule has 0 atom stereocenters. The van der Waals surface area contributed by atoms with Gasteiger partial charge in [-0.15, -0.1) is 0 Å². The van der Waals surface area contributed by atoms with Crippen molar-refractivity contribution in [2.75, 3.05) is 5.33 Å². The van der Waals surface area contributed by atoms with Crippen LogP contribution in [0.15, 0.2) is 18.7 Å². The molecule has 1 rings (SSSR count). The van der Waals surface area contributed by atoms with Crippen molar-refractivity contribution in [3.63, 3.8) is 0 Å². The summed E-state index contributed by atoms with van der Waals surface area (Å²) in [5.74, 6) is -3.84. The fourth-order valence-electron chi connectivity index (χ4n) is 0.871. The zero-order valence-electron chi connectivity index (χ0n) is 6.58. The first-order valence-electron chi connectivity index (χ1n) is 3.45. The van der Waals surface area contributed by atoms with Crippen LogP contribution in [0.1, 0.15) is 5.56 Å². The first-order valence-corrected chi connectivity index (χ1v) is 4.57. The molecule has 0 heterocycles. The standard InChI is InChI=1S/C9H6BrF3/c1-5(4-10)6-2-3-7(11)9(13)8(6)12/h2-3H,1,4H2. The largest absolute Gasteiger partial charge is 0.204 e. The second-order valence-electron chi connectivity index (χ2n) is 2.46. The smallest absolute Gasteiger partial charge is 0.195 e. The van der Waals surface area contributed by atoms with Gasteiger partial charge in [0.25, 0.3) is 0 Å². The first-order chi connectivity index (χ1) is 6.07. The van der Waals surface area contributed by atoms with E-state index in [0.717, 1.165) is 12.1 Å². The maximum atomic E-state index is 13.0. The number of benzene rings is 1. The molecule has 0 saturated heterocycles. The van der Waals surface area contributed by atoms with Crippen LogP contribution in [0.2, 0.25) is 0 Å². The first kappa shape index (κ1) is 10.3. The Morgan fingerprint density at radius 3 is 2.38 bits per heavy atom. The summed E-state index contributed by atoms with van der Waals surface area (Å²) in [4.78, 5) is 0. The Hall–Kier alpha value is -0.770. The van der Waals surface area contributed by atoms with Crippen LogP contribution in [0, 0.1) is 17.5 Å². The van der Waals surface area contributed by atoms with E-state index in [1.165, 1.54) is 0 Å². The lowest BCUT2D eigenvalue weighted by atomic mass is 10.1. The molecule has 13 heavy (non-hydrogen) atoms. The van der Waals surface area contributed by atoms with E-state index in [4.69, 9.17) is 0 Å². The highest BCUT2D eigenvalue weighted by Gasteiger charge is 2.14. The summed E-state index contributed by atoms with van der Waals surface area (Å²) in [6.07, 6.45) is 0. The molecule has 70 valence electrons. The van der Waals surface area contributed by atoms with Crippen LogP contribution in [0.3, 0.4) is 0 Å². The average Bonchev–Trinajstić information content (AvgIpc) is 2.13. The van der Waals surface area contributed by atoms with Crippen LogP contribution < -0.4 is 0 Å². The maximum Gasteiger partial charge on any atom is 0.195 e. The van der Waals surface area contributed by atoms with Gasteiger partial charge < -0.3 is 0 Å². The Kier molecular flexibility index (Phi) is 3.14. The molecule has 0 nitrogen and oxygen atoms in total. The van der Waals surface area contributed by atoms with Gasteiger partial charge in [-0.3, -0.25) is 0 Å². The van der Waals surface area contributed by atoms with Crippen molar-refractivity contribution in [1.82, 2.24) is 0 Å². The highest BCUT2D eigenvalue weighted by Crippen LogP contribution is 2.22. The maximum absolute atomic E-state index is 13.0. The Balaban J connectivity index is 3.26. The monoisotopic (exact) mass is 250 g/mol. The van der Waals surface area contributed by atoms with E-state index < -0.39 is 17.5 Å². The summed E-state index contributed by atoms with van der Waals surface area (Å²) in [6.45, 7) is 3.50. The minimum absolute atomic E-state index is 0.00391. The quantitative estimate of drug-likeness (QED) is 0.557. The van der Waals surface area contributed by atoms with Gasteiger partial charge in [0.1, 0.15) is 0 Å². The van der Waals surface area contributed by atoms with Gasteiger partial charge >= 0.3 is 0 Å². The zero-order valence-corrected chi connectivity index (χ0v) is 8.17. The second kappa shape index (κ2) is 3.96. The normalized spacial score (nSPS) is 10.2. The highest BCUT2D eigenvalue weighted by atomic mass is 79.9. The predicted molar refractivity (Wildman–Crippen MR) is 49.1 cm³/mol. The van der Waals surface area contributed by atoms with Crippen LogP contribution in [0.5, 0.6) is 0 Å². The molecule has 0 aliphatic heterocycles. The molecule has 0 aromatic heterocycles. The van der Waals surface area contributed by atoms with Crippen LogP contribution >= 0.6 is 15.9 Å². The molecule has 0 radical (unpaired) electrons. The van der Waals surface area contributed by atoms with E-state index in [1.54, 1.807) is 0 Å². The Labute approximate surface area is 82.2 Å². The third-order valence-electron chi connectivity index (χ3n) is 1.58. The Morgan fingerprint density at radius 2 is 1.85 bits per heavy atom. The van der Waals surface area contributed by atoms with Gasteiger partial charge in [-0.1, -0.05) is 22.5 Å². The van der Waals surface area contributed by atoms with Crippen molar-refractivity contribution in [1.29, 1.82) is 0 Å². The topological polar surface area (TPSA) is 0 Å². The number of allylic oxidation sites excluding steroid dienone is 1. The van der Waals surface area contributed by atoms with Crippen molar-refractivity contribution in [2.24, 2.45) is 0 Å². The van der Waals surface area contributed by atoms with Gasteiger partial charge in [-0.2, -0.15) is 0 Å². The third kappa shape index (κ3) is 1.94. The summed E-state index contributed by atoms with van der Waals surface area (Å²) >= 11 is 3.05. The van der Waals surface area contributed by atoms with E-state index in [1.807, 2.05) is 0 Å². The lowest BCUT2D eigenvalue weighted by molar-refractivity contribution is 0.445. The van der Waals surface area contributed by atoms with Crippen LogP contribution in [0.4, 0.5) is 13.2 Å². The molecule has 1 aromatic rings. The summed E-state index contributed by atoms with van der Waals surface area (Å²) in [5, 5.41) is 0.314. The summed E-state index contributed by atoms with van der Waals surface area (Å²) in [7, 11) is 0. The van der Waals surface area contributed by atoms with Crippen LogP contribution in [-0.2, 0) is 0 Å². The fraction of sp³-hybridized carbons (Fsp3) is 0.111. The SMILES string of the molecule is C=C(CBr)c1ccc(F)c(F)c1F. The molecule has 0 spiro atoms. The van der Waals surface area contributed by atoms with Crippen molar-refractivity contribution in [2.45, 2.75) is 0 Å². The molecule has 0 amide bonds. The molecular formula is C9H6BrF3. The second-order valence-corrected chi connectivity index (χ2v) is 3.02.